The third-order valence-corrected chi connectivity index (χ3v) is 3.59. The molecule has 0 atom stereocenters. The summed E-state index contributed by atoms with van der Waals surface area (Å²) in [4.78, 5) is 0. The second-order valence-corrected chi connectivity index (χ2v) is 5.62. The Hall–Kier alpha value is -2.04. The van der Waals surface area contributed by atoms with E-state index >= 15 is 0 Å². The first-order chi connectivity index (χ1) is 10.6. The van der Waals surface area contributed by atoms with E-state index in [0.717, 1.165) is 35.3 Å². The molecule has 0 saturated carbocycles. The Bertz CT molecular complexity index is 571. The molecule has 0 unspecified atom stereocenters. The van der Waals surface area contributed by atoms with Crippen LogP contribution in [0, 0.1) is 13.8 Å². The summed E-state index contributed by atoms with van der Waals surface area (Å²) in [6, 6.07) is 11.4. The molecule has 0 spiro atoms. The largest absolute Gasteiger partial charge is 0.508 e. The van der Waals surface area contributed by atoms with Gasteiger partial charge in [0.1, 0.15) is 11.5 Å². The van der Waals surface area contributed by atoms with Crippen molar-refractivity contribution in [2.45, 2.75) is 26.9 Å². The molecule has 0 aliphatic carbocycles. The van der Waals surface area contributed by atoms with Crippen molar-refractivity contribution in [1.82, 2.24) is 10.6 Å². The van der Waals surface area contributed by atoms with Gasteiger partial charge in [0, 0.05) is 37.3 Å². The number of aromatic hydroxyl groups is 2. The number of aryl methyl sites for hydroxylation is 2. The molecule has 118 valence electrons. The van der Waals surface area contributed by atoms with Crippen molar-refractivity contribution >= 4 is 0 Å². The predicted octanol–water partition coefficient (Wildman–Crippen LogP) is 2.59. The van der Waals surface area contributed by atoms with Crippen molar-refractivity contribution < 1.29 is 10.2 Å². The first kappa shape index (κ1) is 16.3. The second kappa shape index (κ2) is 7.82. The highest BCUT2D eigenvalue weighted by molar-refractivity contribution is 5.36. The first-order valence-corrected chi connectivity index (χ1v) is 7.54. The van der Waals surface area contributed by atoms with Gasteiger partial charge >= 0.3 is 0 Å². The summed E-state index contributed by atoms with van der Waals surface area (Å²) in [5.41, 5.74) is 3.92. The van der Waals surface area contributed by atoms with Gasteiger partial charge in [-0.05, 0) is 37.1 Å². The molecule has 0 fully saturated rings. The van der Waals surface area contributed by atoms with E-state index in [1.165, 1.54) is 0 Å². The zero-order valence-electron chi connectivity index (χ0n) is 13.2. The zero-order valence-corrected chi connectivity index (χ0v) is 13.2. The van der Waals surface area contributed by atoms with Crippen LogP contribution in [0.5, 0.6) is 11.5 Å². The summed E-state index contributed by atoms with van der Waals surface area (Å²) < 4.78 is 0. The fraction of sp³-hybridized carbons (Fsp3) is 0.333. The lowest BCUT2D eigenvalue weighted by Crippen LogP contribution is -2.26. The Morgan fingerprint density at radius 3 is 1.50 bits per heavy atom. The van der Waals surface area contributed by atoms with Crippen LogP contribution in [0.2, 0.25) is 0 Å². The molecular formula is C18H24N2O2. The maximum absolute atomic E-state index is 9.81. The van der Waals surface area contributed by atoms with Crippen molar-refractivity contribution in [1.29, 1.82) is 0 Å². The lowest BCUT2D eigenvalue weighted by molar-refractivity contribution is 0.460. The van der Waals surface area contributed by atoms with E-state index in [9.17, 15) is 10.2 Å². The average Bonchev–Trinajstić information content (AvgIpc) is 2.46. The molecule has 0 aliphatic heterocycles. The van der Waals surface area contributed by atoms with Crippen LogP contribution in [0.25, 0.3) is 0 Å². The third-order valence-electron chi connectivity index (χ3n) is 3.59. The summed E-state index contributed by atoms with van der Waals surface area (Å²) in [6.07, 6.45) is 0. The van der Waals surface area contributed by atoms with Gasteiger partial charge in [-0.1, -0.05) is 24.3 Å². The van der Waals surface area contributed by atoms with Gasteiger partial charge in [-0.25, -0.2) is 0 Å². The van der Waals surface area contributed by atoms with Crippen LogP contribution in [0.15, 0.2) is 36.4 Å². The topological polar surface area (TPSA) is 64.5 Å². The normalized spacial score (nSPS) is 10.8. The molecule has 2 aromatic rings. The second-order valence-electron chi connectivity index (χ2n) is 5.62. The van der Waals surface area contributed by atoms with E-state index in [1.54, 1.807) is 12.1 Å². The summed E-state index contributed by atoms with van der Waals surface area (Å²) in [5.74, 6) is 0.676. The van der Waals surface area contributed by atoms with Crippen molar-refractivity contribution in [2.24, 2.45) is 0 Å². The number of hydrogen-bond donors (Lipinski definition) is 4. The summed E-state index contributed by atoms with van der Waals surface area (Å²) in [7, 11) is 0. The highest BCUT2D eigenvalue weighted by Gasteiger charge is 2.02. The molecule has 0 amide bonds. The molecule has 2 rings (SSSR count). The fourth-order valence-corrected chi connectivity index (χ4v) is 2.27. The van der Waals surface area contributed by atoms with E-state index in [0.29, 0.717) is 24.6 Å². The molecule has 0 heterocycles. The van der Waals surface area contributed by atoms with Gasteiger partial charge < -0.3 is 20.8 Å². The van der Waals surface area contributed by atoms with Crippen LogP contribution in [-0.4, -0.2) is 23.3 Å². The van der Waals surface area contributed by atoms with E-state index in [1.807, 2.05) is 38.1 Å². The molecule has 22 heavy (non-hydrogen) atoms. The quantitative estimate of drug-likeness (QED) is 0.594. The van der Waals surface area contributed by atoms with Gasteiger partial charge in [0.15, 0.2) is 0 Å². The summed E-state index contributed by atoms with van der Waals surface area (Å²) in [5, 5.41) is 26.2. The van der Waals surface area contributed by atoms with Crippen molar-refractivity contribution in [3.05, 3.63) is 58.7 Å². The molecule has 0 bridgehead atoms. The average molecular weight is 300 g/mol. The molecular weight excluding hydrogens is 276 g/mol. The number of phenols is 2. The third kappa shape index (κ3) is 4.76. The Morgan fingerprint density at radius 2 is 1.14 bits per heavy atom. The summed E-state index contributed by atoms with van der Waals surface area (Å²) >= 11 is 0. The van der Waals surface area contributed by atoms with Crippen molar-refractivity contribution in [3.63, 3.8) is 0 Å². The lowest BCUT2D eigenvalue weighted by Gasteiger charge is -2.09. The molecule has 0 saturated heterocycles. The van der Waals surface area contributed by atoms with Crippen LogP contribution >= 0.6 is 0 Å². The van der Waals surface area contributed by atoms with Crippen LogP contribution < -0.4 is 10.6 Å². The molecule has 4 nitrogen and oxygen atoms in total. The Kier molecular flexibility index (Phi) is 5.81. The van der Waals surface area contributed by atoms with E-state index < -0.39 is 0 Å². The molecule has 0 radical (unpaired) electrons. The Morgan fingerprint density at radius 1 is 0.727 bits per heavy atom. The smallest absolute Gasteiger partial charge is 0.120 e. The molecule has 2 aromatic carbocycles. The van der Waals surface area contributed by atoms with Crippen molar-refractivity contribution in [2.75, 3.05) is 13.1 Å². The van der Waals surface area contributed by atoms with Gasteiger partial charge in [-0.15, -0.1) is 0 Å². The van der Waals surface area contributed by atoms with Gasteiger partial charge in [0.2, 0.25) is 0 Å². The van der Waals surface area contributed by atoms with Crippen LogP contribution in [0.4, 0.5) is 0 Å². The highest BCUT2D eigenvalue weighted by Crippen LogP contribution is 2.18. The monoisotopic (exact) mass is 300 g/mol. The van der Waals surface area contributed by atoms with E-state index in [4.69, 9.17) is 0 Å². The Balaban J connectivity index is 1.67. The van der Waals surface area contributed by atoms with Crippen LogP contribution in [0.3, 0.4) is 0 Å². The first-order valence-electron chi connectivity index (χ1n) is 7.54. The molecule has 0 aliphatic rings. The minimum Gasteiger partial charge on any atom is -0.508 e. The van der Waals surface area contributed by atoms with Crippen LogP contribution in [-0.2, 0) is 13.1 Å². The molecule has 4 N–H and O–H groups in total. The minimum absolute atomic E-state index is 0.338. The molecule has 0 aromatic heterocycles. The predicted molar refractivity (Wildman–Crippen MR) is 89.1 cm³/mol. The zero-order chi connectivity index (χ0) is 15.9. The number of rotatable bonds is 7. The molecule has 4 heteroatoms. The SMILES string of the molecule is Cc1ccc(CNCCNCc2ccc(C)cc2O)c(O)c1. The van der Waals surface area contributed by atoms with Gasteiger partial charge in [0.05, 0.1) is 0 Å². The number of nitrogens with one attached hydrogen (secondary N) is 2. The standard InChI is InChI=1S/C18H24N2O2/c1-13-3-5-15(17(21)9-13)11-19-7-8-20-12-16-6-4-14(2)10-18(16)22/h3-6,9-10,19-22H,7-8,11-12H2,1-2H3. The number of phenolic OH excluding ortho intramolecular Hbond substituents is 2. The maximum Gasteiger partial charge on any atom is 0.120 e. The fourth-order valence-electron chi connectivity index (χ4n) is 2.27. The maximum atomic E-state index is 9.81. The van der Waals surface area contributed by atoms with Crippen LogP contribution in [0.1, 0.15) is 22.3 Å². The van der Waals surface area contributed by atoms with Gasteiger partial charge in [0.25, 0.3) is 0 Å². The minimum atomic E-state index is 0.338. The van der Waals surface area contributed by atoms with Crippen molar-refractivity contribution in [3.8, 4) is 11.5 Å². The van der Waals surface area contributed by atoms with Gasteiger partial charge in [-0.3, -0.25) is 0 Å². The summed E-state index contributed by atoms with van der Waals surface area (Å²) in [6.45, 7) is 6.79. The van der Waals surface area contributed by atoms with Gasteiger partial charge in [-0.2, -0.15) is 0 Å². The lowest BCUT2D eigenvalue weighted by atomic mass is 10.1. The van der Waals surface area contributed by atoms with E-state index in [2.05, 4.69) is 10.6 Å². The highest BCUT2D eigenvalue weighted by atomic mass is 16.3. The number of benzene rings is 2. The number of hydrogen-bond acceptors (Lipinski definition) is 4. The Labute approximate surface area is 131 Å². The van der Waals surface area contributed by atoms with E-state index in [-0.39, 0.29) is 0 Å².